The summed E-state index contributed by atoms with van der Waals surface area (Å²) in [7, 11) is 0. The molecule has 0 aliphatic rings. The smallest absolute Gasteiger partial charge is 0.0790 e. The Morgan fingerprint density at radius 2 is 2.62 bits per heavy atom. The third-order valence-electron chi connectivity index (χ3n) is 0.757. The fraction of sp³-hybridized carbons (Fsp3) is 0. The van der Waals surface area contributed by atoms with Crippen LogP contribution in [-0.4, -0.2) is 9.78 Å². The molecule has 0 unspecified atom stereocenters. The van der Waals surface area contributed by atoms with Crippen molar-refractivity contribution in [2.45, 2.75) is 0 Å². The molecule has 3 heteroatoms. The second-order valence-electron chi connectivity index (χ2n) is 1.32. The molecular formula is C5H5ClN2. The minimum absolute atomic E-state index is 0.630. The van der Waals surface area contributed by atoms with Crippen LogP contribution < -0.4 is 0 Å². The molecule has 0 N–H and O–H groups in total. The van der Waals surface area contributed by atoms with Crippen LogP contribution in [-0.2, 0) is 0 Å². The summed E-state index contributed by atoms with van der Waals surface area (Å²) in [6.45, 7) is 3.49. The van der Waals surface area contributed by atoms with Crippen LogP contribution >= 0.6 is 11.6 Å². The first kappa shape index (κ1) is 5.38. The Balaban J connectivity index is 3.00. The summed E-state index contributed by atoms with van der Waals surface area (Å²) >= 11 is 5.51. The summed E-state index contributed by atoms with van der Waals surface area (Å²) in [5.74, 6) is 0. The zero-order valence-corrected chi connectivity index (χ0v) is 4.97. The predicted molar refractivity (Wildman–Crippen MR) is 33.6 cm³/mol. The fourth-order valence-electron chi connectivity index (χ4n) is 0.415. The number of hydrogen-bond acceptors (Lipinski definition) is 1. The number of nitrogens with zero attached hydrogens (tertiary/aromatic N) is 2. The Labute approximate surface area is 52.4 Å². The van der Waals surface area contributed by atoms with Crippen LogP contribution in [0.3, 0.4) is 0 Å². The average Bonchev–Trinajstić information content (AvgIpc) is 2.14. The lowest BCUT2D eigenvalue weighted by Crippen LogP contribution is -1.81. The highest BCUT2D eigenvalue weighted by molar-refractivity contribution is 6.30. The van der Waals surface area contributed by atoms with E-state index in [1.807, 2.05) is 0 Å². The second-order valence-corrected chi connectivity index (χ2v) is 1.76. The first-order valence-corrected chi connectivity index (χ1v) is 2.53. The van der Waals surface area contributed by atoms with Gasteiger partial charge in [-0.05, 0) is 0 Å². The quantitative estimate of drug-likeness (QED) is 0.562. The molecule has 1 aromatic rings. The van der Waals surface area contributed by atoms with Gasteiger partial charge in [-0.15, -0.1) is 0 Å². The maximum absolute atomic E-state index is 5.51. The van der Waals surface area contributed by atoms with E-state index in [0.29, 0.717) is 5.02 Å². The molecule has 0 bridgehead atoms. The molecule has 1 aromatic heterocycles. The second kappa shape index (κ2) is 2.01. The zero-order chi connectivity index (χ0) is 5.98. The third kappa shape index (κ3) is 0.898. The number of hydrogen-bond donors (Lipinski definition) is 0. The van der Waals surface area contributed by atoms with Gasteiger partial charge < -0.3 is 0 Å². The SMILES string of the molecule is C=Cn1cc(Cl)cn1. The summed E-state index contributed by atoms with van der Waals surface area (Å²) < 4.78 is 1.54. The molecule has 0 amide bonds. The molecule has 1 heterocycles. The van der Waals surface area contributed by atoms with Crippen molar-refractivity contribution in [1.82, 2.24) is 9.78 Å². The summed E-state index contributed by atoms with van der Waals surface area (Å²) in [5.41, 5.74) is 0. The van der Waals surface area contributed by atoms with Gasteiger partial charge in [-0.3, -0.25) is 0 Å². The van der Waals surface area contributed by atoms with Gasteiger partial charge in [0.05, 0.1) is 11.2 Å². The lowest BCUT2D eigenvalue weighted by molar-refractivity contribution is 0.937. The number of halogens is 1. The van der Waals surface area contributed by atoms with Gasteiger partial charge in [0, 0.05) is 12.4 Å². The number of rotatable bonds is 1. The number of aromatic nitrogens is 2. The summed E-state index contributed by atoms with van der Waals surface area (Å²) in [6, 6.07) is 0. The maximum atomic E-state index is 5.51. The molecule has 0 aromatic carbocycles. The Kier molecular flexibility index (Phi) is 1.35. The molecule has 0 atom stereocenters. The van der Waals surface area contributed by atoms with Crippen molar-refractivity contribution in [2.75, 3.05) is 0 Å². The van der Waals surface area contributed by atoms with E-state index in [0.717, 1.165) is 0 Å². The minimum atomic E-state index is 0.630. The first-order valence-electron chi connectivity index (χ1n) is 2.15. The Hall–Kier alpha value is -0.760. The highest BCUT2D eigenvalue weighted by atomic mass is 35.5. The molecule has 0 fully saturated rings. The normalized spacial score (nSPS) is 9.12. The van der Waals surface area contributed by atoms with Crippen LogP contribution in [0.4, 0.5) is 0 Å². The van der Waals surface area contributed by atoms with Crippen molar-refractivity contribution < 1.29 is 0 Å². The fourth-order valence-corrected chi connectivity index (χ4v) is 0.558. The standard InChI is InChI=1S/C5H5ClN2/c1-2-8-4-5(6)3-7-8/h2-4H,1H2. The van der Waals surface area contributed by atoms with Crippen molar-refractivity contribution in [3.05, 3.63) is 24.0 Å². The van der Waals surface area contributed by atoms with Crippen LogP contribution in [0.2, 0.25) is 5.02 Å². The Bertz CT molecular complexity index is 192. The van der Waals surface area contributed by atoms with Gasteiger partial charge in [-0.25, -0.2) is 4.68 Å². The topological polar surface area (TPSA) is 17.8 Å². The maximum Gasteiger partial charge on any atom is 0.0790 e. The molecular weight excluding hydrogens is 124 g/mol. The lowest BCUT2D eigenvalue weighted by Gasteiger charge is -1.81. The van der Waals surface area contributed by atoms with E-state index in [1.165, 1.54) is 0 Å². The van der Waals surface area contributed by atoms with E-state index < -0.39 is 0 Å². The van der Waals surface area contributed by atoms with Gasteiger partial charge in [0.25, 0.3) is 0 Å². The first-order chi connectivity index (χ1) is 3.83. The van der Waals surface area contributed by atoms with Gasteiger partial charge in [0.2, 0.25) is 0 Å². The molecule has 0 aliphatic heterocycles. The summed E-state index contributed by atoms with van der Waals surface area (Å²) in [4.78, 5) is 0. The van der Waals surface area contributed by atoms with Gasteiger partial charge in [-0.1, -0.05) is 18.2 Å². The zero-order valence-electron chi connectivity index (χ0n) is 4.21. The molecule has 1 rings (SSSR count). The molecule has 0 saturated heterocycles. The predicted octanol–water partition coefficient (Wildman–Crippen LogP) is 1.64. The van der Waals surface area contributed by atoms with E-state index in [-0.39, 0.29) is 0 Å². The molecule has 0 spiro atoms. The van der Waals surface area contributed by atoms with E-state index in [1.54, 1.807) is 23.3 Å². The van der Waals surface area contributed by atoms with Crippen LogP contribution in [0, 0.1) is 0 Å². The van der Waals surface area contributed by atoms with Crippen LogP contribution in [0.15, 0.2) is 19.0 Å². The van der Waals surface area contributed by atoms with Crippen molar-refractivity contribution >= 4 is 17.8 Å². The summed E-state index contributed by atoms with van der Waals surface area (Å²) in [6.07, 6.45) is 4.81. The highest BCUT2D eigenvalue weighted by Gasteiger charge is 1.86. The van der Waals surface area contributed by atoms with Crippen LogP contribution in [0.5, 0.6) is 0 Å². The minimum Gasteiger partial charge on any atom is -0.247 e. The van der Waals surface area contributed by atoms with Gasteiger partial charge in [0.1, 0.15) is 0 Å². The molecule has 0 aliphatic carbocycles. The molecule has 2 nitrogen and oxygen atoms in total. The molecule has 0 radical (unpaired) electrons. The third-order valence-corrected chi connectivity index (χ3v) is 0.952. The van der Waals surface area contributed by atoms with E-state index in [2.05, 4.69) is 11.7 Å². The van der Waals surface area contributed by atoms with E-state index in [9.17, 15) is 0 Å². The molecule has 0 saturated carbocycles. The van der Waals surface area contributed by atoms with Gasteiger partial charge >= 0.3 is 0 Å². The average molecular weight is 129 g/mol. The van der Waals surface area contributed by atoms with Crippen molar-refractivity contribution in [3.63, 3.8) is 0 Å². The van der Waals surface area contributed by atoms with Crippen molar-refractivity contribution in [2.24, 2.45) is 0 Å². The monoisotopic (exact) mass is 128 g/mol. The Morgan fingerprint density at radius 3 is 2.88 bits per heavy atom. The summed E-state index contributed by atoms with van der Waals surface area (Å²) in [5, 5.41) is 4.43. The van der Waals surface area contributed by atoms with Crippen molar-refractivity contribution in [3.8, 4) is 0 Å². The van der Waals surface area contributed by atoms with E-state index >= 15 is 0 Å². The molecule has 8 heavy (non-hydrogen) atoms. The van der Waals surface area contributed by atoms with Gasteiger partial charge in [-0.2, -0.15) is 5.10 Å². The van der Waals surface area contributed by atoms with Crippen LogP contribution in [0.1, 0.15) is 0 Å². The van der Waals surface area contributed by atoms with E-state index in [4.69, 9.17) is 11.6 Å². The lowest BCUT2D eigenvalue weighted by atomic mass is 10.7. The molecule has 42 valence electrons. The van der Waals surface area contributed by atoms with Crippen molar-refractivity contribution in [1.29, 1.82) is 0 Å². The highest BCUT2D eigenvalue weighted by Crippen LogP contribution is 2.03. The van der Waals surface area contributed by atoms with Crippen LogP contribution in [0.25, 0.3) is 6.20 Å². The van der Waals surface area contributed by atoms with Gasteiger partial charge in [0.15, 0.2) is 0 Å². The Morgan fingerprint density at radius 1 is 1.88 bits per heavy atom. The largest absolute Gasteiger partial charge is 0.247 e.